The number of amides is 1. The number of sulfonamides is 1. The van der Waals surface area contributed by atoms with Crippen molar-refractivity contribution in [2.75, 3.05) is 30.6 Å². The number of carbonyl (C=O) groups excluding carboxylic acids is 1. The Kier molecular flexibility index (Phi) is 6.80. The Morgan fingerprint density at radius 3 is 2.17 bits per heavy atom. The molecule has 0 atom stereocenters. The molecule has 1 aromatic rings. The molecule has 24 heavy (non-hydrogen) atoms. The highest BCUT2D eigenvalue weighted by Gasteiger charge is 2.22. The fraction of sp³-hybridized carbons (Fsp3) is 0.588. The number of hydrogen-bond acceptors (Lipinski definition) is 4. The Morgan fingerprint density at radius 1 is 1.17 bits per heavy atom. The molecule has 0 fully saturated rings. The third-order valence-corrected chi connectivity index (χ3v) is 5.08. The van der Waals surface area contributed by atoms with E-state index in [1.165, 1.54) is 10.6 Å². The lowest BCUT2D eigenvalue weighted by atomic mass is 10.1. The lowest BCUT2D eigenvalue weighted by Gasteiger charge is -2.27. The summed E-state index contributed by atoms with van der Waals surface area (Å²) >= 11 is 0. The molecular weight excluding hydrogens is 326 g/mol. The van der Waals surface area contributed by atoms with Crippen LogP contribution in [0.15, 0.2) is 18.2 Å². The van der Waals surface area contributed by atoms with Gasteiger partial charge in [0.25, 0.3) is 0 Å². The van der Waals surface area contributed by atoms with Crippen molar-refractivity contribution in [3.8, 4) is 0 Å². The molecule has 0 spiro atoms. The second-order valence-electron chi connectivity index (χ2n) is 6.78. The van der Waals surface area contributed by atoms with Crippen LogP contribution in [0.3, 0.4) is 0 Å². The summed E-state index contributed by atoms with van der Waals surface area (Å²) in [5.74, 6) is -0.187. The maximum Gasteiger partial charge on any atom is 0.226 e. The van der Waals surface area contributed by atoms with Crippen LogP contribution < -0.4 is 10.2 Å². The molecule has 0 aliphatic heterocycles. The van der Waals surface area contributed by atoms with Crippen molar-refractivity contribution < 1.29 is 13.2 Å². The molecule has 0 aliphatic rings. The first kappa shape index (κ1) is 20.4. The van der Waals surface area contributed by atoms with Gasteiger partial charge < -0.3 is 10.2 Å². The average Bonchev–Trinajstić information content (AvgIpc) is 2.42. The fourth-order valence-electron chi connectivity index (χ4n) is 2.36. The summed E-state index contributed by atoms with van der Waals surface area (Å²) in [5, 5.41) is 2.86. The number of benzene rings is 1. The molecule has 6 nitrogen and oxygen atoms in total. The van der Waals surface area contributed by atoms with Gasteiger partial charge in [-0.3, -0.25) is 4.79 Å². The van der Waals surface area contributed by atoms with Crippen LogP contribution in [-0.4, -0.2) is 45.0 Å². The lowest BCUT2D eigenvalue weighted by Crippen LogP contribution is -2.36. The van der Waals surface area contributed by atoms with Gasteiger partial charge in [-0.05, 0) is 37.6 Å². The quantitative estimate of drug-likeness (QED) is 0.816. The minimum absolute atomic E-state index is 0.0672. The molecule has 1 N–H and O–H groups in total. The summed E-state index contributed by atoms with van der Waals surface area (Å²) in [5.41, 5.74) is 2.44. The van der Waals surface area contributed by atoms with Crippen LogP contribution in [0.2, 0.25) is 0 Å². The zero-order valence-corrected chi connectivity index (χ0v) is 16.4. The molecule has 0 saturated heterocycles. The van der Waals surface area contributed by atoms with Crippen LogP contribution in [0, 0.1) is 5.92 Å². The molecule has 0 heterocycles. The Bertz CT molecular complexity index is 682. The molecule has 7 heteroatoms. The predicted molar refractivity (Wildman–Crippen MR) is 99.8 cm³/mol. The van der Waals surface area contributed by atoms with E-state index in [9.17, 15) is 13.2 Å². The third-order valence-electron chi connectivity index (χ3n) is 3.68. The first-order valence-electron chi connectivity index (χ1n) is 8.01. The number of hydrogen-bond donors (Lipinski definition) is 1. The topological polar surface area (TPSA) is 69.7 Å². The van der Waals surface area contributed by atoms with Crippen LogP contribution >= 0.6 is 0 Å². The van der Waals surface area contributed by atoms with Crippen molar-refractivity contribution in [2.45, 2.75) is 40.3 Å². The first-order chi connectivity index (χ1) is 10.9. The average molecular weight is 356 g/mol. The molecule has 0 aromatic heterocycles. The first-order valence-corrected chi connectivity index (χ1v) is 9.86. The molecule has 1 rings (SSSR count). The Balaban J connectivity index is 3.24. The Morgan fingerprint density at radius 2 is 1.75 bits per heavy atom. The fourth-order valence-corrected chi connectivity index (χ4v) is 3.50. The van der Waals surface area contributed by atoms with E-state index in [2.05, 4.69) is 5.32 Å². The van der Waals surface area contributed by atoms with E-state index in [0.29, 0.717) is 5.69 Å². The van der Waals surface area contributed by atoms with Crippen molar-refractivity contribution in [1.82, 2.24) is 4.31 Å². The molecule has 0 unspecified atom stereocenters. The maximum atomic E-state index is 12.1. The minimum atomic E-state index is -3.33. The van der Waals surface area contributed by atoms with Crippen molar-refractivity contribution >= 4 is 27.3 Å². The summed E-state index contributed by atoms with van der Waals surface area (Å²) in [6.07, 6.45) is 1.22. The highest BCUT2D eigenvalue weighted by Crippen LogP contribution is 2.26. The number of nitrogens with one attached hydrogen (secondary N) is 1. The second kappa shape index (κ2) is 7.98. The summed E-state index contributed by atoms with van der Waals surface area (Å²) in [6, 6.07) is 5.42. The SMILES string of the molecule is CC(C)C(=O)Nc1ccc(N(C)C)c(CN(C(C)C)S(C)(=O)=O)c1. The molecule has 0 bridgehead atoms. The summed E-state index contributed by atoms with van der Waals surface area (Å²) < 4.78 is 25.6. The van der Waals surface area contributed by atoms with E-state index in [1.807, 2.05) is 64.9 Å². The van der Waals surface area contributed by atoms with E-state index in [-0.39, 0.29) is 24.4 Å². The standard InChI is InChI=1S/C17H29N3O3S/c1-12(2)17(21)18-15-8-9-16(19(5)6)14(10-15)11-20(13(3)4)24(7,22)23/h8-10,12-13H,11H2,1-7H3,(H,18,21). The number of anilines is 2. The smallest absolute Gasteiger partial charge is 0.226 e. The van der Waals surface area contributed by atoms with Crippen molar-refractivity contribution in [2.24, 2.45) is 5.92 Å². The molecular formula is C17H29N3O3S. The zero-order valence-electron chi connectivity index (χ0n) is 15.6. The molecule has 0 aliphatic carbocycles. The Labute approximate surface area is 145 Å². The predicted octanol–water partition coefficient (Wildman–Crippen LogP) is 2.52. The van der Waals surface area contributed by atoms with Gasteiger partial charge in [-0.1, -0.05) is 13.8 Å². The van der Waals surface area contributed by atoms with Gasteiger partial charge in [0.1, 0.15) is 0 Å². The summed E-state index contributed by atoms with van der Waals surface area (Å²) in [6.45, 7) is 7.61. The van der Waals surface area contributed by atoms with E-state index >= 15 is 0 Å². The van der Waals surface area contributed by atoms with Gasteiger partial charge in [-0.15, -0.1) is 0 Å². The van der Waals surface area contributed by atoms with Crippen molar-refractivity contribution in [1.29, 1.82) is 0 Å². The van der Waals surface area contributed by atoms with Gasteiger partial charge in [0.15, 0.2) is 0 Å². The van der Waals surface area contributed by atoms with Crippen LogP contribution in [0.1, 0.15) is 33.3 Å². The monoisotopic (exact) mass is 355 g/mol. The van der Waals surface area contributed by atoms with Crippen molar-refractivity contribution in [3.05, 3.63) is 23.8 Å². The molecule has 0 saturated carbocycles. The number of carbonyl (C=O) groups is 1. The molecule has 136 valence electrons. The van der Waals surface area contributed by atoms with Crippen LogP contribution in [-0.2, 0) is 21.4 Å². The van der Waals surface area contributed by atoms with E-state index in [1.54, 1.807) is 0 Å². The summed E-state index contributed by atoms with van der Waals surface area (Å²) in [4.78, 5) is 13.8. The normalized spacial score (nSPS) is 12.1. The van der Waals surface area contributed by atoms with Gasteiger partial charge in [-0.25, -0.2) is 8.42 Å². The van der Waals surface area contributed by atoms with Gasteiger partial charge >= 0.3 is 0 Å². The van der Waals surface area contributed by atoms with Gasteiger partial charge in [0.2, 0.25) is 15.9 Å². The second-order valence-corrected chi connectivity index (χ2v) is 8.72. The van der Waals surface area contributed by atoms with Crippen LogP contribution in [0.5, 0.6) is 0 Å². The largest absolute Gasteiger partial charge is 0.377 e. The highest BCUT2D eigenvalue weighted by atomic mass is 32.2. The minimum Gasteiger partial charge on any atom is -0.377 e. The van der Waals surface area contributed by atoms with Crippen LogP contribution in [0.25, 0.3) is 0 Å². The van der Waals surface area contributed by atoms with E-state index < -0.39 is 10.0 Å². The van der Waals surface area contributed by atoms with Crippen LogP contribution in [0.4, 0.5) is 11.4 Å². The zero-order chi connectivity index (χ0) is 18.7. The highest BCUT2D eigenvalue weighted by molar-refractivity contribution is 7.88. The van der Waals surface area contributed by atoms with Crippen molar-refractivity contribution in [3.63, 3.8) is 0 Å². The Hall–Kier alpha value is -1.60. The van der Waals surface area contributed by atoms with Gasteiger partial charge in [-0.2, -0.15) is 4.31 Å². The molecule has 0 radical (unpaired) electrons. The number of rotatable bonds is 7. The third kappa shape index (κ3) is 5.49. The molecule has 1 aromatic carbocycles. The van der Waals surface area contributed by atoms with E-state index in [4.69, 9.17) is 0 Å². The van der Waals surface area contributed by atoms with Gasteiger partial charge in [0, 0.05) is 44.0 Å². The number of nitrogens with zero attached hydrogens (tertiary/aromatic N) is 2. The molecule has 1 amide bonds. The summed E-state index contributed by atoms with van der Waals surface area (Å²) in [7, 11) is 0.490. The maximum absolute atomic E-state index is 12.1. The van der Waals surface area contributed by atoms with E-state index in [0.717, 1.165) is 11.3 Å². The lowest BCUT2D eigenvalue weighted by molar-refractivity contribution is -0.118. The van der Waals surface area contributed by atoms with Gasteiger partial charge in [0.05, 0.1) is 6.26 Å².